The summed E-state index contributed by atoms with van der Waals surface area (Å²) in [6, 6.07) is -0.255. The molecule has 1 atom stereocenters. The van der Waals surface area contributed by atoms with Crippen molar-refractivity contribution in [2.45, 2.75) is 58.4 Å². The molecule has 1 spiro atoms. The van der Waals surface area contributed by atoms with Crippen molar-refractivity contribution in [1.82, 2.24) is 14.7 Å². The van der Waals surface area contributed by atoms with Gasteiger partial charge in [-0.05, 0) is 43.9 Å². The van der Waals surface area contributed by atoms with Crippen molar-refractivity contribution in [2.24, 2.45) is 5.41 Å². The van der Waals surface area contributed by atoms with E-state index in [4.69, 9.17) is 0 Å². The molecule has 3 fully saturated rings. The van der Waals surface area contributed by atoms with Crippen molar-refractivity contribution in [3.63, 3.8) is 0 Å². The largest absolute Gasteiger partial charge is 0.343 e. The quantitative estimate of drug-likeness (QED) is 0.724. The molecule has 1 unspecified atom stereocenters. The lowest BCUT2D eigenvalue weighted by molar-refractivity contribution is -0.146. The summed E-state index contributed by atoms with van der Waals surface area (Å²) in [6.45, 7) is 7.10. The van der Waals surface area contributed by atoms with Gasteiger partial charge in [0.2, 0.25) is 17.7 Å². The fourth-order valence-corrected chi connectivity index (χ4v) is 4.71. The lowest BCUT2D eigenvalue weighted by atomic mass is 9.72. The molecule has 3 aliphatic heterocycles. The van der Waals surface area contributed by atoms with E-state index < -0.39 is 0 Å². The highest BCUT2D eigenvalue weighted by atomic mass is 16.2. The third-order valence-corrected chi connectivity index (χ3v) is 6.18. The molecule has 3 rings (SSSR count). The first-order chi connectivity index (χ1) is 11.4. The Morgan fingerprint density at radius 3 is 2.17 bits per heavy atom. The number of carbonyl (C=O) groups is 3. The average molecular weight is 335 g/mol. The number of hydrogen-bond acceptors (Lipinski definition) is 3. The van der Waals surface area contributed by atoms with Crippen LogP contribution in [0.4, 0.5) is 0 Å². The van der Waals surface area contributed by atoms with Crippen LogP contribution in [0.2, 0.25) is 0 Å². The van der Waals surface area contributed by atoms with Gasteiger partial charge in [0.05, 0.1) is 0 Å². The number of amides is 3. The fraction of sp³-hybridized carbons (Fsp3) is 0.833. The topological polar surface area (TPSA) is 60.9 Å². The predicted molar refractivity (Wildman–Crippen MR) is 90.1 cm³/mol. The van der Waals surface area contributed by atoms with E-state index >= 15 is 0 Å². The van der Waals surface area contributed by atoms with Crippen LogP contribution in [0.15, 0.2) is 0 Å². The summed E-state index contributed by atoms with van der Waals surface area (Å²) in [5.41, 5.74) is 0.166. The van der Waals surface area contributed by atoms with Gasteiger partial charge in [-0.15, -0.1) is 0 Å². The van der Waals surface area contributed by atoms with E-state index in [9.17, 15) is 14.4 Å². The zero-order valence-electron chi connectivity index (χ0n) is 14.9. The average Bonchev–Trinajstić information content (AvgIpc) is 3.04. The van der Waals surface area contributed by atoms with Gasteiger partial charge in [0.25, 0.3) is 0 Å². The zero-order chi connectivity index (χ0) is 17.3. The van der Waals surface area contributed by atoms with Gasteiger partial charge in [-0.2, -0.15) is 0 Å². The van der Waals surface area contributed by atoms with Crippen molar-refractivity contribution in [3.8, 4) is 0 Å². The Morgan fingerprint density at radius 2 is 1.54 bits per heavy atom. The molecule has 0 N–H and O–H groups in total. The molecule has 3 amide bonds. The summed E-state index contributed by atoms with van der Waals surface area (Å²) in [5.74, 6) is 0.291. The third-order valence-electron chi connectivity index (χ3n) is 6.18. The molecule has 0 radical (unpaired) electrons. The Bertz CT molecular complexity index is 526. The molecule has 0 aromatic carbocycles. The summed E-state index contributed by atoms with van der Waals surface area (Å²) in [7, 11) is 0. The van der Waals surface area contributed by atoms with Crippen molar-refractivity contribution < 1.29 is 14.4 Å². The number of nitrogens with zero attached hydrogens (tertiary/aromatic N) is 3. The van der Waals surface area contributed by atoms with Crippen molar-refractivity contribution in [1.29, 1.82) is 0 Å². The van der Waals surface area contributed by atoms with Crippen LogP contribution < -0.4 is 0 Å². The monoisotopic (exact) mass is 335 g/mol. The normalized spacial score (nSPS) is 26.8. The molecule has 6 nitrogen and oxygen atoms in total. The molecule has 0 aromatic rings. The number of rotatable bonds is 1. The van der Waals surface area contributed by atoms with Crippen molar-refractivity contribution in [3.05, 3.63) is 0 Å². The van der Waals surface area contributed by atoms with Gasteiger partial charge in [0.15, 0.2) is 0 Å². The van der Waals surface area contributed by atoms with Gasteiger partial charge in [0.1, 0.15) is 6.04 Å². The predicted octanol–water partition coefficient (Wildman–Crippen LogP) is 1.25. The molecule has 3 saturated heterocycles. The smallest absolute Gasteiger partial charge is 0.245 e. The molecule has 0 saturated carbocycles. The molecule has 3 aliphatic rings. The summed E-state index contributed by atoms with van der Waals surface area (Å²) in [4.78, 5) is 41.9. The van der Waals surface area contributed by atoms with E-state index in [1.807, 2.05) is 9.80 Å². The first-order valence-electron chi connectivity index (χ1n) is 9.23. The number of likely N-dealkylation sites (tertiary alicyclic amines) is 3. The van der Waals surface area contributed by atoms with Gasteiger partial charge in [0, 0.05) is 46.6 Å². The number of piperidine rings is 2. The van der Waals surface area contributed by atoms with Crippen LogP contribution in [-0.4, -0.2) is 71.2 Å². The van der Waals surface area contributed by atoms with Crippen LogP contribution in [0.1, 0.15) is 52.4 Å². The van der Waals surface area contributed by atoms with Crippen LogP contribution in [0.25, 0.3) is 0 Å². The zero-order valence-corrected chi connectivity index (χ0v) is 14.9. The lowest BCUT2D eigenvalue weighted by Crippen LogP contribution is -2.55. The summed E-state index contributed by atoms with van der Waals surface area (Å²) in [5, 5.41) is 0. The van der Waals surface area contributed by atoms with Crippen molar-refractivity contribution >= 4 is 17.7 Å². The van der Waals surface area contributed by atoms with Gasteiger partial charge in [-0.1, -0.05) is 0 Å². The maximum Gasteiger partial charge on any atom is 0.245 e. The van der Waals surface area contributed by atoms with Crippen LogP contribution in [0, 0.1) is 5.41 Å². The minimum Gasteiger partial charge on any atom is -0.343 e. The molecular weight excluding hydrogens is 306 g/mol. The molecule has 24 heavy (non-hydrogen) atoms. The third kappa shape index (κ3) is 3.28. The molecule has 0 aromatic heterocycles. The van der Waals surface area contributed by atoms with Crippen LogP contribution in [-0.2, 0) is 14.4 Å². The van der Waals surface area contributed by atoms with Gasteiger partial charge < -0.3 is 14.7 Å². The van der Waals surface area contributed by atoms with E-state index in [0.29, 0.717) is 6.54 Å². The Morgan fingerprint density at radius 1 is 0.833 bits per heavy atom. The second kappa shape index (κ2) is 6.73. The van der Waals surface area contributed by atoms with Crippen LogP contribution in [0.5, 0.6) is 0 Å². The summed E-state index contributed by atoms with van der Waals surface area (Å²) < 4.78 is 0. The Hall–Kier alpha value is -1.59. The highest BCUT2D eigenvalue weighted by Crippen LogP contribution is 2.40. The van der Waals surface area contributed by atoms with Crippen LogP contribution >= 0.6 is 0 Å². The molecule has 6 heteroatoms. The minimum atomic E-state index is -0.255. The second-order valence-corrected chi connectivity index (χ2v) is 7.74. The maximum absolute atomic E-state index is 13.0. The Kier molecular flexibility index (Phi) is 4.83. The first-order valence-corrected chi connectivity index (χ1v) is 9.23. The Balaban J connectivity index is 1.64. The highest BCUT2D eigenvalue weighted by Gasteiger charge is 2.43. The Labute approximate surface area is 144 Å². The van der Waals surface area contributed by atoms with E-state index in [2.05, 4.69) is 0 Å². The fourth-order valence-electron chi connectivity index (χ4n) is 4.71. The van der Waals surface area contributed by atoms with Gasteiger partial charge in [-0.25, -0.2) is 0 Å². The summed E-state index contributed by atoms with van der Waals surface area (Å²) in [6.07, 6.45) is 5.85. The number of hydrogen-bond donors (Lipinski definition) is 0. The van der Waals surface area contributed by atoms with E-state index in [-0.39, 0.29) is 29.2 Å². The van der Waals surface area contributed by atoms with E-state index in [0.717, 1.165) is 64.7 Å². The highest BCUT2D eigenvalue weighted by molar-refractivity contribution is 5.87. The molecule has 3 heterocycles. The standard InChI is InChI=1S/C18H29N3O3/c1-14(22)19-11-7-18(8-12-19)6-4-9-20(13-18)17(24)16-5-3-10-21(16)15(2)23/h16H,3-13H2,1-2H3. The SMILES string of the molecule is CC(=O)N1CCC2(CCCN(C(=O)C3CCCN3C(C)=O)C2)CC1. The molecular formula is C18H29N3O3. The van der Waals surface area contributed by atoms with Crippen molar-refractivity contribution in [2.75, 3.05) is 32.7 Å². The minimum absolute atomic E-state index is 0.00680. The van der Waals surface area contributed by atoms with E-state index in [1.165, 1.54) is 0 Å². The van der Waals surface area contributed by atoms with E-state index in [1.54, 1.807) is 18.7 Å². The number of carbonyl (C=O) groups excluding carboxylic acids is 3. The first kappa shape index (κ1) is 17.2. The molecule has 134 valence electrons. The lowest BCUT2D eigenvalue weighted by Gasteiger charge is -2.48. The summed E-state index contributed by atoms with van der Waals surface area (Å²) >= 11 is 0. The van der Waals surface area contributed by atoms with Gasteiger partial charge in [-0.3, -0.25) is 14.4 Å². The van der Waals surface area contributed by atoms with Crippen LogP contribution in [0.3, 0.4) is 0 Å². The second-order valence-electron chi connectivity index (χ2n) is 7.74. The maximum atomic E-state index is 13.0. The molecule has 0 aliphatic carbocycles. The van der Waals surface area contributed by atoms with Gasteiger partial charge >= 0.3 is 0 Å². The molecule has 0 bridgehead atoms.